The van der Waals surface area contributed by atoms with Gasteiger partial charge in [-0.15, -0.1) is 0 Å². The fraction of sp³-hybridized carbons (Fsp3) is 0.929. The second-order valence-electron chi connectivity index (χ2n) is 5.60. The van der Waals surface area contributed by atoms with Gasteiger partial charge in [-0.3, -0.25) is 4.79 Å². The summed E-state index contributed by atoms with van der Waals surface area (Å²) in [5.74, 6) is -0.341. The van der Waals surface area contributed by atoms with Gasteiger partial charge in [0.1, 0.15) is 6.10 Å². The number of halogens is 1. The summed E-state index contributed by atoms with van der Waals surface area (Å²) in [6.45, 7) is 7.55. The van der Waals surface area contributed by atoms with Crippen LogP contribution in [0.4, 0.5) is 0 Å². The van der Waals surface area contributed by atoms with Gasteiger partial charge >= 0.3 is 5.97 Å². The number of alkyl halides is 1. The zero-order chi connectivity index (χ0) is 14.6. The van der Waals surface area contributed by atoms with E-state index >= 15 is 0 Å². The van der Waals surface area contributed by atoms with Crippen LogP contribution in [-0.2, 0) is 14.3 Å². The molecular formula is C14H25BrO4. The smallest absolute Gasteiger partial charge is 0.302 e. The van der Waals surface area contributed by atoms with Gasteiger partial charge in [-0.2, -0.15) is 0 Å². The van der Waals surface area contributed by atoms with Crippen LogP contribution >= 0.6 is 15.9 Å². The highest BCUT2D eigenvalue weighted by Crippen LogP contribution is 2.34. The van der Waals surface area contributed by atoms with Crippen molar-refractivity contribution in [3.63, 3.8) is 0 Å². The standard InChI is InChI=1S/C14H25BrO4/c1-5-14(4,15)13-7-6-12(19-10(3)16)11(17)8-9(2)18-13/h9,11-13,17H,5-8H2,1-4H3. The average molecular weight is 337 g/mol. The molecule has 5 heteroatoms. The molecule has 1 saturated heterocycles. The predicted octanol–water partition coefficient (Wildman–Crippen LogP) is 2.80. The summed E-state index contributed by atoms with van der Waals surface area (Å²) in [4.78, 5) is 11.1. The van der Waals surface area contributed by atoms with E-state index in [1.165, 1.54) is 6.92 Å². The first-order chi connectivity index (χ1) is 8.76. The van der Waals surface area contributed by atoms with Crippen molar-refractivity contribution in [2.24, 2.45) is 0 Å². The van der Waals surface area contributed by atoms with Gasteiger partial charge in [0.2, 0.25) is 0 Å². The molecule has 1 heterocycles. The maximum atomic E-state index is 11.1. The van der Waals surface area contributed by atoms with Crippen LogP contribution < -0.4 is 0 Å². The van der Waals surface area contributed by atoms with E-state index in [4.69, 9.17) is 9.47 Å². The van der Waals surface area contributed by atoms with Gasteiger partial charge in [-0.25, -0.2) is 0 Å². The zero-order valence-corrected chi connectivity index (χ0v) is 13.8. The van der Waals surface area contributed by atoms with Gasteiger partial charge in [0.05, 0.1) is 18.3 Å². The normalized spacial score (nSPS) is 35.9. The molecule has 0 saturated carbocycles. The van der Waals surface area contributed by atoms with Gasteiger partial charge < -0.3 is 14.6 Å². The number of esters is 1. The maximum absolute atomic E-state index is 11.1. The molecule has 4 nitrogen and oxygen atoms in total. The van der Waals surface area contributed by atoms with E-state index in [0.717, 1.165) is 12.8 Å². The lowest BCUT2D eigenvalue weighted by molar-refractivity contribution is -0.159. The fourth-order valence-electron chi connectivity index (χ4n) is 2.43. The lowest BCUT2D eigenvalue weighted by atomic mass is 9.92. The monoisotopic (exact) mass is 336 g/mol. The molecule has 0 bridgehead atoms. The molecule has 19 heavy (non-hydrogen) atoms. The van der Waals surface area contributed by atoms with Crippen molar-refractivity contribution in [3.05, 3.63) is 0 Å². The van der Waals surface area contributed by atoms with Crippen molar-refractivity contribution in [1.82, 2.24) is 0 Å². The summed E-state index contributed by atoms with van der Waals surface area (Å²) in [6, 6.07) is 0. The van der Waals surface area contributed by atoms with E-state index in [0.29, 0.717) is 12.8 Å². The van der Waals surface area contributed by atoms with E-state index in [-0.39, 0.29) is 22.5 Å². The van der Waals surface area contributed by atoms with Crippen LogP contribution in [0.3, 0.4) is 0 Å². The minimum absolute atomic E-state index is 0.0538. The van der Waals surface area contributed by atoms with E-state index in [2.05, 4.69) is 29.8 Å². The molecule has 5 unspecified atom stereocenters. The number of hydrogen-bond donors (Lipinski definition) is 1. The van der Waals surface area contributed by atoms with Crippen molar-refractivity contribution < 1.29 is 19.4 Å². The summed E-state index contributed by atoms with van der Waals surface area (Å²) >= 11 is 3.72. The SMILES string of the molecule is CCC(C)(Br)C1CCC(OC(C)=O)C(O)CC(C)O1. The number of ether oxygens (including phenoxy) is 2. The molecule has 0 aromatic rings. The highest BCUT2D eigenvalue weighted by molar-refractivity contribution is 9.10. The number of carbonyl (C=O) groups excluding carboxylic acids is 1. The molecular weight excluding hydrogens is 312 g/mol. The topological polar surface area (TPSA) is 55.8 Å². The first kappa shape index (κ1) is 16.9. The lowest BCUT2D eigenvalue weighted by Gasteiger charge is -2.38. The Labute approximate surface area is 124 Å². The Morgan fingerprint density at radius 2 is 2.16 bits per heavy atom. The Hall–Kier alpha value is -0.130. The second-order valence-corrected chi connectivity index (χ2v) is 7.41. The van der Waals surface area contributed by atoms with Crippen LogP contribution in [0.25, 0.3) is 0 Å². The van der Waals surface area contributed by atoms with E-state index in [1.54, 1.807) is 0 Å². The third-order valence-corrected chi connectivity index (χ3v) is 4.86. The van der Waals surface area contributed by atoms with Gasteiger partial charge in [-0.1, -0.05) is 22.9 Å². The Bertz CT molecular complexity index is 306. The Kier molecular flexibility index (Phi) is 6.27. The summed E-state index contributed by atoms with van der Waals surface area (Å²) in [6.07, 6.45) is 1.75. The average Bonchev–Trinajstić information content (AvgIpc) is 2.30. The fourth-order valence-corrected chi connectivity index (χ4v) is 2.76. The van der Waals surface area contributed by atoms with E-state index in [1.807, 2.05) is 6.92 Å². The number of carbonyl (C=O) groups is 1. The molecule has 0 aliphatic carbocycles. The van der Waals surface area contributed by atoms with Crippen molar-refractivity contribution in [2.45, 2.75) is 82.1 Å². The van der Waals surface area contributed by atoms with E-state index in [9.17, 15) is 9.90 Å². The molecule has 0 amide bonds. The third kappa shape index (κ3) is 5.04. The minimum atomic E-state index is -0.650. The lowest BCUT2D eigenvalue weighted by Crippen LogP contribution is -2.44. The predicted molar refractivity (Wildman–Crippen MR) is 77.4 cm³/mol. The molecule has 1 aliphatic heterocycles. The number of aliphatic hydroxyl groups is 1. The first-order valence-corrected chi connectivity index (χ1v) is 7.75. The Morgan fingerprint density at radius 1 is 1.53 bits per heavy atom. The van der Waals surface area contributed by atoms with Crippen molar-refractivity contribution in [1.29, 1.82) is 0 Å². The van der Waals surface area contributed by atoms with Gasteiger partial charge in [0, 0.05) is 17.7 Å². The Balaban J connectivity index is 2.76. The van der Waals surface area contributed by atoms with Crippen molar-refractivity contribution in [2.75, 3.05) is 0 Å². The van der Waals surface area contributed by atoms with E-state index < -0.39 is 12.2 Å². The molecule has 0 spiro atoms. The minimum Gasteiger partial charge on any atom is -0.460 e. The molecule has 1 rings (SSSR count). The van der Waals surface area contributed by atoms with Crippen LogP contribution in [0.15, 0.2) is 0 Å². The summed E-state index contributed by atoms with van der Waals surface area (Å²) in [5.41, 5.74) is 0. The molecule has 0 radical (unpaired) electrons. The third-order valence-electron chi connectivity index (χ3n) is 3.79. The summed E-state index contributed by atoms with van der Waals surface area (Å²) < 4.78 is 11.2. The maximum Gasteiger partial charge on any atom is 0.302 e. The van der Waals surface area contributed by atoms with Crippen molar-refractivity contribution >= 4 is 21.9 Å². The van der Waals surface area contributed by atoms with Crippen LogP contribution in [-0.4, -0.2) is 39.8 Å². The van der Waals surface area contributed by atoms with Gasteiger partial charge in [0.25, 0.3) is 0 Å². The molecule has 1 N–H and O–H groups in total. The van der Waals surface area contributed by atoms with Crippen LogP contribution in [0.5, 0.6) is 0 Å². The molecule has 112 valence electrons. The molecule has 0 aromatic heterocycles. The van der Waals surface area contributed by atoms with Crippen LogP contribution in [0.2, 0.25) is 0 Å². The molecule has 0 aromatic carbocycles. The van der Waals surface area contributed by atoms with Crippen molar-refractivity contribution in [3.8, 4) is 0 Å². The van der Waals surface area contributed by atoms with Crippen LogP contribution in [0.1, 0.15) is 53.4 Å². The first-order valence-electron chi connectivity index (χ1n) is 6.96. The number of rotatable bonds is 3. The highest BCUT2D eigenvalue weighted by atomic mass is 79.9. The number of hydrogen-bond acceptors (Lipinski definition) is 4. The largest absolute Gasteiger partial charge is 0.460 e. The summed E-state index contributed by atoms with van der Waals surface area (Å²) in [7, 11) is 0. The quantitative estimate of drug-likeness (QED) is 0.636. The van der Waals surface area contributed by atoms with Gasteiger partial charge in [0.15, 0.2) is 0 Å². The Morgan fingerprint density at radius 3 is 2.68 bits per heavy atom. The number of aliphatic hydroxyl groups excluding tert-OH is 1. The zero-order valence-electron chi connectivity index (χ0n) is 12.2. The van der Waals surface area contributed by atoms with Gasteiger partial charge in [-0.05, 0) is 33.1 Å². The molecule has 5 atom stereocenters. The molecule has 1 fully saturated rings. The van der Waals surface area contributed by atoms with Crippen LogP contribution in [0, 0.1) is 0 Å². The summed E-state index contributed by atoms with van der Waals surface area (Å²) in [5, 5.41) is 10.1. The second kappa shape index (κ2) is 7.04. The highest BCUT2D eigenvalue weighted by Gasteiger charge is 2.36. The molecule has 1 aliphatic rings.